The fraction of sp³-hybridized carbons (Fsp3) is 0.263. The van der Waals surface area contributed by atoms with Gasteiger partial charge in [0.1, 0.15) is 5.75 Å². The third-order valence-electron chi connectivity index (χ3n) is 3.97. The van der Waals surface area contributed by atoms with E-state index in [4.69, 9.17) is 13.7 Å². The minimum absolute atomic E-state index is 0.0675. The summed E-state index contributed by atoms with van der Waals surface area (Å²) >= 11 is 0. The van der Waals surface area contributed by atoms with E-state index in [-0.39, 0.29) is 19.4 Å². The number of hydrogen-bond donors (Lipinski definition) is 2. The Labute approximate surface area is 161 Å². The summed E-state index contributed by atoms with van der Waals surface area (Å²) in [4.78, 5) is 27.8. The first-order chi connectivity index (χ1) is 13.5. The third kappa shape index (κ3) is 5.19. The predicted molar refractivity (Wildman–Crippen MR) is 98.0 cm³/mol. The van der Waals surface area contributed by atoms with E-state index in [0.717, 1.165) is 11.1 Å². The predicted octanol–water partition coefficient (Wildman–Crippen LogP) is 2.11. The SMILES string of the molecule is Cc1ccc(OCC(=O)NNC(=O)CCc2nc(-c3ccco3)no2)cc1C. The van der Waals surface area contributed by atoms with Gasteiger partial charge in [0.05, 0.1) is 6.26 Å². The Morgan fingerprint density at radius 1 is 1.11 bits per heavy atom. The Hall–Kier alpha value is -3.62. The minimum Gasteiger partial charge on any atom is -0.484 e. The molecule has 2 amide bonds. The number of benzene rings is 1. The molecule has 2 heterocycles. The number of aryl methyl sites for hydroxylation is 3. The summed E-state index contributed by atoms with van der Waals surface area (Å²) in [6.45, 7) is 3.75. The molecule has 3 rings (SSSR count). The molecule has 2 N–H and O–H groups in total. The molecular formula is C19H20N4O5. The molecule has 0 spiro atoms. The van der Waals surface area contributed by atoms with Gasteiger partial charge in [-0.1, -0.05) is 11.2 Å². The van der Waals surface area contributed by atoms with Gasteiger partial charge in [-0.25, -0.2) is 0 Å². The highest BCUT2D eigenvalue weighted by Crippen LogP contribution is 2.17. The molecule has 9 nitrogen and oxygen atoms in total. The van der Waals surface area contributed by atoms with Gasteiger partial charge in [-0.05, 0) is 49.2 Å². The van der Waals surface area contributed by atoms with Gasteiger partial charge >= 0.3 is 0 Å². The largest absolute Gasteiger partial charge is 0.484 e. The van der Waals surface area contributed by atoms with Crippen molar-refractivity contribution in [2.45, 2.75) is 26.7 Å². The average Bonchev–Trinajstić information content (AvgIpc) is 3.37. The number of furan rings is 1. The Balaban J connectivity index is 1.37. The molecule has 0 radical (unpaired) electrons. The van der Waals surface area contributed by atoms with Crippen LogP contribution in [0.15, 0.2) is 45.5 Å². The first-order valence-corrected chi connectivity index (χ1v) is 8.65. The zero-order valence-corrected chi connectivity index (χ0v) is 15.5. The summed E-state index contributed by atoms with van der Waals surface area (Å²) in [5.74, 6) is 0.828. The van der Waals surface area contributed by atoms with E-state index in [2.05, 4.69) is 21.0 Å². The van der Waals surface area contributed by atoms with E-state index in [9.17, 15) is 9.59 Å². The van der Waals surface area contributed by atoms with Crippen molar-refractivity contribution in [2.75, 3.05) is 6.61 Å². The average molecular weight is 384 g/mol. The van der Waals surface area contributed by atoms with Crippen molar-refractivity contribution < 1.29 is 23.3 Å². The van der Waals surface area contributed by atoms with Gasteiger partial charge in [-0.15, -0.1) is 0 Å². The summed E-state index contributed by atoms with van der Waals surface area (Å²) in [5, 5.41) is 3.78. The number of carbonyl (C=O) groups excluding carboxylic acids is 2. The second-order valence-electron chi connectivity index (χ2n) is 6.12. The summed E-state index contributed by atoms with van der Waals surface area (Å²) in [6.07, 6.45) is 1.80. The van der Waals surface area contributed by atoms with Crippen LogP contribution >= 0.6 is 0 Å². The fourth-order valence-electron chi connectivity index (χ4n) is 2.27. The summed E-state index contributed by atoms with van der Waals surface area (Å²) < 4.78 is 15.6. The standard InChI is InChI=1S/C19H20N4O5/c1-12-5-6-14(10-13(12)2)27-11-17(25)22-21-16(24)7-8-18-20-19(23-28-18)15-4-3-9-26-15/h3-6,9-10H,7-8,11H2,1-2H3,(H,21,24)(H,22,25). The van der Waals surface area contributed by atoms with E-state index < -0.39 is 11.8 Å². The van der Waals surface area contributed by atoms with Crippen molar-refractivity contribution >= 4 is 11.8 Å². The number of aromatic nitrogens is 2. The second kappa shape index (κ2) is 8.85. The van der Waals surface area contributed by atoms with Crippen molar-refractivity contribution in [3.63, 3.8) is 0 Å². The Kier molecular flexibility index (Phi) is 6.05. The van der Waals surface area contributed by atoms with Crippen LogP contribution in [0.4, 0.5) is 0 Å². The van der Waals surface area contributed by atoms with Crippen LogP contribution in [0.5, 0.6) is 5.75 Å². The summed E-state index contributed by atoms with van der Waals surface area (Å²) in [5.41, 5.74) is 6.83. The normalized spacial score (nSPS) is 10.5. The van der Waals surface area contributed by atoms with E-state index in [1.807, 2.05) is 26.0 Å². The quantitative estimate of drug-likeness (QED) is 0.599. The third-order valence-corrected chi connectivity index (χ3v) is 3.97. The van der Waals surface area contributed by atoms with Gasteiger partial charge < -0.3 is 13.7 Å². The number of hydrogen-bond acceptors (Lipinski definition) is 7. The van der Waals surface area contributed by atoms with Crippen molar-refractivity contribution in [1.82, 2.24) is 21.0 Å². The van der Waals surface area contributed by atoms with Crippen LogP contribution in [0.25, 0.3) is 11.6 Å². The smallest absolute Gasteiger partial charge is 0.276 e. The van der Waals surface area contributed by atoms with Crippen molar-refractivity contribution in [1.29, 1.82) is 0 Å². The highest BCUT2D eigenvalue weighted by molar-refractivity contribution is 5.82. The topological polar surface area (TPSA) is 119 Å². The Morgan fingerprint density at radius 3 is 2.68 bits per heavy atom. The minimum atomic E-state index is -0.468. The lowest BCUT2D eigenvalue weighted by molar-refractivity contribution is -0.130. The van der Waals surface area contributed by atoms with Crippen molar-refractivity contribution in [2.24, 2.45) is 0 Å². The van der Waals surface area contributed by atoms with E-state index in [0.29, 0.717) is 23.2 Å². The van der Waals surface area contributed by atoms with Gasteiger partial charge in [0.25, 0.3) is 5.91 Å². The lowest BCUT2D eigenvalue weighted by atomic mass is 10.1. The number of nitrogens with one attached hydrogen (secondary N) is 2. The molecule has 0 saturated heterocycles. The molecule has 9 heteroatoms. The molecule has 0 unspecified atom stereocenters. The van der Waals surface area contributed by atoms with Crippen LogP contribution < -0.4 is 15.6 Å². The molecule has 0 atom stereocenters. The molecule has 0 bridgehead atoms. The number of hydrazine groups is 1. The molecular weight excluding hydrogens is 364 g/mol. The molecule has 0 aliphatic rings. The molecule has 2 aromatic heterocycles. The van der Waals surface area contributed by atoms with Gasteiger partial charge in [0.2, 0.25) is 17.6 Å². The zero-order valence-electron chi connectivity index (χ0n) is 15.5. The second-order valence-corrected chi connectivity index (χ2v) is 6.12. The van der Waals surface area contributed by atoms with Gasteiger partial charge in [-0.3, -0.25) is 20.4 Å². The van der Waals surface area contributed by atoms with E-state index in [1.165, 1.54) is 6.26 Å². The van der Waals surface area contributed by atoms with E-state index >= 15 is 0 Å². The Bertz CT molecular complexity index is 949. The Morgan fingerprint density at radius 2 is 1.93 bits per heavy atom. The number of ether oxygens (including phenoxy) is 1. The highest BCUT2D eigenvalue weighted by atomic mass is 16.5. The molecule has 1 aromatic carbocycles. The van der Waals surface area contributed by atoms with Crippen LogP contribution in [0.1, 0.15) is 23.4 Å². The molecule has 0 aliphatic carbocycles. The maximum atomic E-state index is 11.8. The lowest BCUT2D eigenvalue weighted by Gasteiger charge is -2.09. The maximum Gasteiger partial charge on any atom is 0.276 e. The summed E-state index contributed by atoms with van der Waals surface area (Å²) in [7, 11) is 0. The molecule has 0 saturated carbocycles. The van der Waals surface area contributed by atoms with Crippen LogP contribution in [-0.4, -0.2) is 28.6 Å². The molecule has 28 heavy (non-hydrogen) atoms. The monoisotopic (exact) mass is 384 g/mol. The molecule has 0 aliphatic heterocycles. The summed E-state index contributed by atoms with van der Waals surface area (Å²) in [6, 6.07) is 8.97. The fourth-order valence-corrected chi connectivity index (χ4v) is 2.27. The van der Waals surface area contributed by atoms with Crippen LogP contribution in [0.3, 0.4) is 0 Å². The number of amides is 2. The zero-order chi connectivity index (χ0) is 19.9. The first kappa shape index (κ1) is 19.2. The van der Waals surface area contributed by atoms with Gasteiger partial charge in [0.15, 0.2) is 12.4 Å². The highest BCUT2D eigenvalue weighted by Gasteiger charge is 2.13. The van der Waals surface area contributed by atoms with Crippen LogP contribution in [-0.2, 0) is 16.0 Å². The maximum absolute atomic E-state index is 11.8. The van der Waals surface area contributed by atoms with Crippen LogP contribution in [0, 0.1) is 13.8 Å². The number of carbonyl (C=O) groups is 2. The number of rotatable bonds is 7. The van der Waals surface area contributed by atoms with Gasteiger partial charge in [0, 0.05) is 12.8 Å². The van der Waals surface area contributed by atoms with Crippen LogP contribution in [0.2, 0.25) is 0 Å². The first-order valence-electron chi connectivity index (χ1n) is 8.65. The lowest BCUT2D eigenvalue weighted by Crippen LogP contribution is -2.43. The van der Waals surface area contributed by atoms with Crippen molar-refractivity contribution in [3.05, 3.63) is 53.6 Å². The molecule has 0 fully saturated rings. The molecule has 3 aromatic rings. The molecule has 146 valence electrons. The van der Waals surface area contributed by atoms with Crippen molar-refractivity contribution in [3.8, 4) is 17.3 Å². The van der Waals surface area contributed by atoms with Gasteiger partial charge in [-0.2, -0.15) is 4.98 Å². The number of nitrogens with zero attached hydrogens (tertiary/aromatic N) is 2. The van der Waals surface area contributed by atoms with E-state index in [1.54, 1.807) is 18.2 Å².